The average molecular weight is 345 g/mol. The molecule has 0 bridgehead atoms. The van der Waals surface area contributed by atoms with E-state index >= 15 is 0 Å². The van der Waals surface area contributed by atoms with E-state index in [9.17, 15) is 4.79 Å². The van der Waals surface area contributed by atoms with E-state index in [2.05, 4.69) is 12.2 Å². The number of hydrogen-bond donors (Lipinski definition) is 1. The van der Waals surface area contributed by atoms with Crippen molar-refractivity contribution >= 4 is 5.91 Å². The van der Waals surface area contributed by atoms with Crippen LogP contribution in [0, 0.1) is 5.92 Å². The molecule has 0 saturated heterocycles. The molecule has 0 aromatic heterocycles. The summed E-state index contributed by atoms with van der Waals surface area (Å²) in [5, 5.41) is 0. The van der Waals surface area contributed by atoms with Gasteiger partial charge in [-0.15, -0.1) is 0 Å². The lowest BCUT2D eigenvalue weighted by atomic mass is 9.94. The second-order valence-electron chi connectivity index (χ2n) is 7.33. The molecule has 5 heteroatoms. The van der Waals surface area contributed by atoms with Gasteiger partial charge in [0.1, 0.15) is 6.61 Å². The number of carbonyl (C=O) groups excluding carboxylic acids is 1. The lowest BCUT2D eigenvalue weighted by Gasteiger charge is -2.33. The molecule has 1 heterocycles. The highest BCUT2D eigenvalue weighted by molar-refractivity contribution is 5.77. The van der Waals surface area contributed by atoms with Crippen LogP contribution >= 0.6 is 0 Å². The topological polar surface area (TPSA) is 43.2 Å². The van der Waals surface area contributed by atoms with Crippen molar-refractivity contribution < 1.29 is 19.2 Å². The summed E-state index contributed by atoms with van der Waals surface area (Å²) in [7, 11) is 4.02. The van der Waals surface area contributed by atoms with Crippen LogP contribution in [0.5, 0.6) is 11.5 Å². The highest BCUT2D eigenvalue weighted by Crippen LogP contribution is 2.31. The monoisotopic (exact) mass is 345 g/mol. The molecule has 2 atom stereocenters. The Kier molecular flexibility index (Phi) is 5.97. The van der Waals surface area contributed by atoms with Crippen molar-refractivity contribution in [2.24, 2.45) is 5.92 Å². The Morgan fingerprint density at radius 1 is 1.20 bits per heavy atom. The second-order valence-corrected chi connectivity index (χ2v) is 7.33. The van der Waals surface area contributed by atoms with Gasteiger partial charge in [-0.1, -0.05) is 24.3 Å². The van der Waals surface area contributed by atoms with Gasteiger partial charge in [0.05, 0.1) is 20.6 Å². The highest BCUT2D eigenvalue weighted by Gasteiger charge is 2.28. The molecule has 1 aliphatic heterocycles. The van der Waals surface area contributed by atoms with Gasteiger partial charge in [-0.2, -0.15) is 0 Å². The van der Waals surface area contributed by atoms with Crippen molar-refractivity contribution in [3.05, 3.63) is 36.4 Å². The number of nitrogens with one attached hydrogen (secondary N) is 1. The van der Waals surface area contributed by atoms with E-state index in [0.717, 1.165) is 42.2 Å². The first-order chi connectivity index (χ1) is 12.1. The number of nitrogens with zero attached hydrogens (tertiary/aromatic N) is 1. The summed E-state index contributed by atoms with van der Waals surface area (Å²) in [6, 6.07) is 7.72. The molecular formula is C20H29N2O3+. The standard InChI is InChI=1S/C20H28N2O3/c1-21(2)14-20(23)22(12-16-8-4-3-5-9-16)13-17-15-24-18-10-6-7-11-19(18)25-17/h3-4,6-7,10-11,16-17H,5,8-9,12-15H2,1-2H3/p+1/t16-,17-/m1/s1. The van der Waals surface area contributed by atoms with Crippen LogP contribution in [0.25, 0.3) is 0 Å². The Morgan fingerprint density at radius 2 is 2.00 bits per heavy atom. The van der Waals surface area contributed by atoms with Gasteiger partial charge in [-0.05, 0) is 37.3 Å². The van der Waals surface area contributed by atoms with Crippen LogP contribution in [-0.4, -0.2) is 57.2 Å². The zero-order chi connectivity index (χ0) is 17.6. The summed E-state index contributed by atoms with van der Waals surface area (Å²) in [6.07, 6.45) is 7.69. The molecule has 1 N–H and O–H groups in total. The van der Waals surface area contributed by atoms with Gasteiger partial charge in [0.15, 0.2) is 24.1 Å². The number of ether oxygens (including phenoxy) is 2. The number of para-hydroxylation sites is 2. The zero-order valence-electron chi connectivity index (χ0n) is 15.2. The van der Waals surface area contributed by atoms with E-state index in [4.69, 9.17) is 9.47 Å². The molecule has 3 rings (SSSR count). The van der Waals surface area contributed by atoms with Gasteiger partial charge in [0, 0.05) is 6.54 Å². The van der Waals surface area contributed by atoms with E-state index in [0.29, 0.717) is 25.6 Å². The fourth-order valence-electron chi connectivity index (χ4n) is 3.43. The number of quaternary nitrogens is 1. The van der Waals surface area contributed by atoms with E-state index in [1.165, 1.54) is 0 Å². The van der Waals surface area contributed by atoms with Gasteiger partial charge in [0.2, 0.25) is 0 Å². The van der Waals surface area contributed by atoms with E-state index in [1.807, 2.05) is 43.3 Å². The molecule has 136 valence electrons. The Hall–Kier alpha value is -2.01. The first-order valence-corrected chi connectivity index (χ1v) is 9.22. The van der Waals surface area contributed by atoms with Crippen molar-refractivity contribution in [3.8, 4) is 11.5 Å². The van der Waals surface area contributed by atoms with Crippen LogP contribution < -0.4 is 14.4 Å². The Balaban J connectivity index is 1.64. The molecule has 2 aliphatic rings. The molecule has 1 aromatic carbocycles. The smallest absolute Gasteiger partial charge is 0.277 e. The van der Waals surface area contributed by atoms with Gasteiger partial charge >= 0.3 is 0 Å². The maximum absolute atomic E-state index is 12.7. The number of hydrogen-bond acceptors (Lipinski definition) is 3. The fraction of sp³-hybridized carbons (Fsp3) is 0.550. The lowest BCUT2D eigenvalue weighted by molar-refractivity contribution is -0.849. The minimum Gasteiger partial charge on any atom is -0.486 e. The quantitative estimate of drug-likeness (QED) is 0.787. The molecule has 0 spiro atoms. The van der Waals surface area contributed by atoms with Crippen LogP contribution in [0.4, 0.5) is 0 Å². The van der Waals surface area contributed by atoms with Gasteiger partial charge in [-0.25, -0.2) is 0 Å². The number of benzene rings is 1. The molecule has 25 heavy (non-hydrogen) atoms. The predicted molar refractivity (Wildman–Crippen MR) is 97.1 cm³/mol. The van der Waals surface area contributed by atoms with E-state index in [1.54, 1.807) is 0 Å². The van der Waals surface area contributed by atoms with Crippen molar-refractivity contribution in [2.75, 3.05) is 40.3 Å². The van der Waals surface area contributed by atoms with Crippen LogP contribution in [0.1, 0.15) is 19.3 Å². The first-order valence-electron chi connectivity index (χ1n) is 9.22. The summed E-state index contributed by atoms with van der Waals surface area (Å²) in [4.78, 5) is 15.9. The third-order valence-electron chi connectivity index (χ3n) is 4.71. The predicted octanol–water partition coefficient (Wildman–Crippen LogP) is 1.16. The molecule has 1 amide bonds. The normalized spacial score (nSPS) is 22.0. The minimum absolute atomic E-state index is 0.116. The molecule has 0 fully saturated rings. The number of rotatable bonds is 6. The maximum atomic E-state index is 12.7. The summed E-state index contributed by atoms with van der Waals surface area (Å²) in [6.45, 7) is 2.38. The zero-order valence-corrected chi connectivity index (χ0v) is 15.2. The Bertz CT molecular complexity index is 615. The number of fused-ring (bicyclic) bond motifs is 1. The van der Waals surface area contributed by atoms with Crippen LogP contribution in [0.3, 0.4) is 0 Å². The molecule has 0 unspecified atom stereocenters. The number of carbonyl (C=O) groups is 1. The van der Waals surface area contributed by atoms with Gasteiger partial charge in [0.25, 0.3) is 5.91 Å². The van der Waals surface area contributed by atoms with E-state index in [-0.39, 0.29) is 12.0 Å². The van der Waals surface area contributed by atoms with Crippen LogP contribution in [0.2, 0.25) is 0 Å². The maximum Gasteiger partial charge on any atom is 0.277 e. The van der Waals surface area contributed by atoms with Gasteiger partial charge in [-0.3, -0.25) is 4.79 Å². The third-order valence-corrected chi connectivity index (χ3v) is 4.71. The summed E-state index contributed by atoms with van der Waals surface area (Å²) < 4.78 is 11.9. The SMILES string of the molecule is C[NH+](C)CC(=O)N(C[C@@H]1CC=CCC1)C[C@@H]1COc2ccccc2O1. The van der Waals surface area contributed by atoms with Crippen molar-refractivity contribution in [2.45, 2.75) is 25.4 Å². The van der Waals surface area contributed by atoms with Crippen molar-refractivity contribution in [1.29, 1.82) is 0 Å². The highest BCUT2D eigenvalue weighted by atomic mass is 16.6. The fourth-order valence-corrected chi connectivity index (χ4v) is 3.43. The molecule has 0 radical (unpaired) electrons. The lowest BCUT2D eigenvalue weighted by Crippen LogP contribution is -3.07. The number of allylic oxidation sites excluding steroid dienone is 2. The van der Waals surface area contributed by atoms with E-state index < -0.39 is 0 Å². The van der Waals surface area contributed by atoms with Crippen molar-refractivity contribution in [3.63, 3.8) is 0 Å². The molecular weight excluding hydrogens is 316 g/mol. The molecule has 0 saturated carbocycles. The largest absolute Gasteiger partial charge is 0.486 e. The summed E-state index contributed by atoms with van der Waals surface area (Å²) >= 11 is 0. The second kappa shape index (κ2) is 8.39. The minimum atomic E-state index is -0.116. The third kappa shape index (κ3) is 4.98. The van der Waals surface area contributed by atoms with Gasteiger partial charge < -0.3 is 19.3 Å². The Morgan fingerprint density at radius 3 is 2.72 bits per heavy atom. The molecule has 1 aromatic rings. The average Bonchev–Trinajstić information content (AvgIpc) is 2.61. The Labute approximate surface area is 150 Å². The molecule has 1 aliphatic carbocycles. The number of amides is 1. The van der Waals surface area contributed by atoms with Crippen molar-refractivity contribution in [1.82, 2.24) is 4.90 Å². The first kappa shape index (κ1) is 17.8. The van der Waals surface area contributed by atoms with Crippen LogP contribution in [0.15, 0.2) is 36.4 Å². The molecule has 5 nitrogen and oxygen atoms in total. The summed E-state index contributed by atoms with van der Waals surface area (Å²) in [5.74, 6) is 2.29. The number of likely N-dealkylation sites (N-methyl/N-ethyl adjacent to an activating group) is 1. The summed E-state index contributed by atoms with van der Waals surface area (Å²) in [5.41, 5.74) is 0. The van der Waals surface area contributed by atoms with Crippen LogP contribution in [-0.2, 0) is 4.79 Å².